The smallest absolute Gasteiger partial charge is 0.324 e. The van der Waals surface area contributed by atoms with Crippen molar-refractivity contribution in [2.75, 3.05) is 7.11 Å². The highest BCUT2D eigenvalue weighted by Crippen LogP contribution is 2.30. The number of carbonyl (C=O) groups excluding carboxylic acids is 1. The number of ether oxygens (including phenoxy) is 1. The van der Waals surface area contributed by atoms with Gasteiger partial charge in [-0.1, -0.05) is 11.6 Å². The highest BCUT2D eigenvalue weighted by atomic mass is 35.5. The Morgan fingerprint density at radius 2 is 2.11 bits per heavy atom. The van der Waals surface area contributed by atoms with Crippen LogP contribution in [0.2, 0.25) is 5.02 Å². The molecule has 0 amide bonds. The van der Waals surface area contributed by atoms with E-state index < -0.39 is 28.5 Å². The minimum atomic E-state index is -1.78. The summed E-state index contributed by atoms with van der Waals surface area (Å²) in [5.41, 5.74) is -0.816. The van der Waals surface area contributed by atoms with Crippen LogP contribution < -0.4 is 0 Å². The van der Waals surface area contributed by atoms with Crippen molar-refractivity contribution < 1.29 is 24.4 Å². The first-order valence-electron chi connectivity index (χ1n) is 4.63. The average molecular weight is 274 g/mol. The minimum absolute atomic E-state index is 0.0887. The Labute approximate surface area is 106 Å². The van der Waals surface area contributed by atoms with E-state index in [0.29, 0.717) is 0 Å². The SMILES string of the molecule is COC(=O)C(C(=O)O)c1cc(Cl)ccc1[N+](=O)[O-]. The number of aliphatic carboxylic acids is 1. The Balaban J connectivity index is 3.43. The molecular formula is C10H8ClNO6. The Hall–Kier alpha value is -2.15. The summed E-state index contributed by atoms with van der Waals surface area (Å²) < 4.78 is 4.32. The zero-order chi connectivity index (χ0) is 13.9. The molecule has 0 saturated heterocycles. The van der Waals surface area contributed by atoms with Crippen LogP contribution in [0.5, 0.6) is 0 Å². The van der Waals surface area contributed by atoms with Crippen LogP contribution in [0.15, 0.2) is 18.2 Å². The molecule has 0 aliphatic rings. The first-order valence-corrected chi connectivity index (χ1v) is 5.00. The molecule has 1 aromatic carbocycles. The van der Waals surface area contributed by atoms with Crippen LogP contribution >= 0.6 is 11.6 Å². The number of methoxy groups -OCH3 is 1. The molecule has 1 aromatic rings. The van der Waals surface area contributed by atoms with E-state index in [9.17, 15) is 19.7 Å². The lowest BCUT2D eigenvalue weighted by molar-refractivity contribution is -0.385. The van der Waals surface area contributed by atoms with E-state index in [1.54, 1.807) is 0 Å². The number of rotatable bonds is 4. The van der Waals surface area contributed by atoms with E-state index in [4.69, 9.17) is 16.7 Å². The second kappa shape index (κ2) is 5.46. The fraction of sp³-hybridized carbons (Fsp3) is 0.200. The van der Waals surface area contributed by atoms with Crippen molar-refractivity contribution in [1.82, 2.24) is 0 Å². The van der Waals surface area contributed by atoms with Crippen LogP contribution in [-0.2, 0) is 14.3 Å². The number of hydrogen-bond acceptors (Lipinski definition) is 5. The largest absolute Gasteiger partial charge is 0.480 e. The molecule has 0 aliphatic carbocycles. The Bertz CT molecular complexity index is 515. The first kappa shape index (κ1) is 13.9. The molecule has 0 spiro atoms. The standard InChI is InChI=1S/C10H8ClNO6/c1-18-10(15)8(9(13)14)6-4-5(11)2-3-7(6)12(16)17/h2-4,8H,1H3,(H,13,14). The maximum absolute atomic E-state index is 11.4. The Morgan fingerprint density at radius 3 is 2.56 bits per heavy atom. The summed E-state index contributed by atoms with van der Waals surface area (Å²) in [5.74, 6) is -4.44. The number of nitro benzene ring substituents is 1. The molecule has 1 rings (SSSR count). The van der Waals surface area contributed by atoms with E-state index in [1.165, 1.54) is 6.07 Å². The van der Waals surface area contributed by atoms with Gasteiger partial charge < -0.3 is 9.84 Å². The summed E-state index contributed by atoms with van der Waals surface area (Å²) in [4.78, 5) is 32.4. The number of carboxylic acid groups (broad SMARTS) is 1. The molecule has 0 fully saturated rings. The number of halogens is 1. The quantitative estimate of drug-likeness (QED) is 0.386. The van der Waals surface area contributed by atoms with Gasteiger partial charge in [-0.15, -0.1) is 0 Å². The van der Waals surface area contributed by atoms with E-state index >= 15 is 0 Å². The van der Waals surface area contributed by atoms with Crippen LogP contribution in [0.4, 0.5) is 5.69 Å². The Kier molecular flexibility index (Phi) is 4.22. The van der Waals surface area contributed by atoms with Gasteiger partial charge in [-0.05, 0) is 12.1 Å². The summed E-state index contributed by atoms with van der Waals surface area (Å²) >= 11 is 5.65. The van der Waals surface area contributed by atoms with Crippen molar-refractivity contribution in [3.05, 3.63) is 38.9 Å². The van der Waals surface area contributed by atoms with Gasteiger partial charge in [0.05, 0.1) is 17.6 Å². The molecular weight excluding hydrogens is 266 g/mol. The third-order valence-corrected chi connectivity index (χ3v) is 2.42. The molecule has 0 heterocycles. The van der Waals surface area contributed by atoms with E-state index in [1.807, 2.05) is 0 Å². The maximum atomic E-state index is 11.4. The predicted octanol–water partition coefficient (Wildman–Crippen LogP) is 1.59. The van der Waals surface area contributed by atoms with Gasteiger partial charge in [0, 0.05) is 11.1 Å². The highest BCUT2D eigenvalue weighted by Gasteiger charge is 2.35. The van der Waals surface area contributed by atoms with Crippen LogP contribution in [0.1, 0.15) is 11.5 Å². The molecule has 0 aliphatic heterocycles. The van der Waals surface area contributed by atoms with Gasteiger partial charge in [0.25, 0.3) is 5.69 Å². The lowest BCUT2D eigenvalue weighted by atomic mass is 9.97. The number of benzene rings is 1. The molecule has 0 saturated carbocycles. The number of nitro groups is 1. The molecule has 96 valence electrons. The summed E-state index contributed by atoms with van der Waals surface area (Å²) in [6.45, 7) is 0. The van der Waals surface area contributed by atoms with E-state index in [2.05, 4.69) is 4.74 Å². The second-order valence-electron chi connectivity index (χ2n) is 3.25. The van der Waals surface area contributed by atoms with Gasteiger partial charge in [0.2, 0.25) is 0 Å². The summed E-state index contributed by atoms with van der Waals surface area (Å²) in [5, 5.41) is 19.8. The maximum Gasteiger partial charge on any atom is 0.324 e. The van der Waals surface area contributed by atoms with Crippen LogP contribution in [0.3, 0.4) is 0 Å². The van der Waals surface area contributed by atoms with Crippen molar-refractivity contribution in [3.8, 4) is 0 Å². The lowest BCUT2D eigenvalue weighted by Gasteiger charge is -2.10. The molecule has 0 radical (unpaired) electrons. The summed E-state index contributed by atoms with van der Waals surface area (Å²) in [7, 11) is 0.995. The van der Waals surface area contributed by atoms with E-state index in [0.717, 1.165) is 19.2 Å². The van der Waals surface area contributed by atoms with Crippen molar-refractivity contribution >= 4 is 29.2 Å². The third kappa shape index (κ3) is 2.75. The molecule has 1 atom stereocenters. The summed E-state index contributed by atoms with van der Waals surface area (Å²) in [6.07, 6.45) is 0. The van der Waals surface area contributed by atoms with Crippen molar-refractivity contribution in [2.24, 2.45) is 0 Å². The number of esters is 1. The van der Waals surface area contributed by atoms with Crippen LogP contribution in [-0.4, -0.2) is 29.1 Å². The van der Waals surface area contributed by atoms with Crippen LogP contribution in [0, 0.1) is 10.1 Å². The Morgan fingerprint density at radius 1 is 1.50 bits per heavy atom. The van der Waals surface area contributed by atoms with Gasteiger partial charge in [-0.25, -0.2) is 0 Å². The normalized spacial score (nSPS) is 11.7. The molecule has 0 aromatic heterocycles. The first-order chi connectivity index (χ1) is 8.38. The molecule has 1 N–H and O–H groups in total. The lowest BCUT2D eigenvalue weighted by Crippen LogP contribution is -2.23. The molecule has 7 nitrogen and oxygen atoms in total. The number of carboxylic acids is 1. The third-order valence-electron chi connectivity index (χ3n) is 2.18. The summed E-state index contributed by atoms with van der Waals surface area (Å²) in [6, 6.07) is 3.34. The van der Waals surface area contributed by atoms with Gasteiger partial charge in [-0.3, -0.25) is 19.7 Å². The van der Waals surface area contributed by atoms with Crippen molar-refractivity contribution in [1.29, 1.82) is 0 Å². The molecule has 0 bridgehead atoms. The molecule has 1 unspecified atom stereocenters. The topological polar surface area (TPSA) is 107 Å². The van der Waals surface area contributed by atoms with Crippen molar-refractivity contribution in [2.45, 2.75) is 5.92 Å². The number of hydrogen-bond donors (Lipinski definition) is 1. The fourth-order valence-corrected chi connectivity index (χ4v) is 1.58. The predicted molar refractivity (Wildman–Crippen MR) is 60.5 cm³/mol. The van der Waals surface area contributed by atoms with Gasteiger partial charge in [-0.2, -0.15) is 0 Å². The zero-order valence-corrected chi connectivity index (χ0v) is 9.88. The number of nitrogens with zero attached hydrogens (tertiary/aromatic N) is 1. The van der Waals surface area contributed by atoms with Gasteiger partial charge >= 0.3 is 11.9 Å². The van der Waals surface area contributed by atoms with E-state index in [-0.39, 0.29) is 10.6 Å². The van der Waals surface area contributed by atoms with Crippen LogP contribution in [0.25, 0.3) is 0 Å². The minimum Gasteiger partial charge on any atom is -0.480 e. The van der Waals surface area contributed by atoms with Gasteiger partial charge in [0.1, 0.15) is 0 Å². The molecule has 18 heavy (non-hydrogen) atoms. The fourth-order valence-electron chi connectivity index (χ4n) is 1.40. The van der Waals surface area contributed by atoms with Gasteiger partial charge in [0.15, 0.2) is 5.92 Å². The van der Waals surface area contributed by atoms with Crippen molar-refractivity contribution in [3.63, 3.8) is 0 Å². The second-order valence-corrected chi connectivity index (χ2v) is 3.69. The monoisotopic (exact) mass is 273 g/mol. The molecule has 8 heteroatoms. The number of carbonyl (C=O) groups is 2. The highest BCUT2D eigenvalue weighted by molar-refractivity contribution is 6.30. The zero-order valence-electron chi connectivity index (χ0n) is 9.12. The average Bonchev–Trinajstić information content (AvgIpc) is 2.28.